The molecule has 4 rings (SSSR count). The lowest BCUT2D eigenvalue weighted by atomic mass is 10.2. The summed E-state index contributed by atoms with van der Waals surface area (Å²) in [6, 6.07) is 43.0. The monoisotopic (exact) mass is 758 g/mol. The van der Waals surface area contributed by atoms with Crippen LogP contribution >= 0.6 is 0 Å². The van der Waals surface area contributed by atoms with Crippen LogP contribution in [0.4, 0.5) is 0 Å². The zero-order valence-electron chi connectivity index (χ0n) is 34.3. The van der Waals surface area contributed by atoms with E-state index in [-0.39, 0.29) is 16.7 Å². The van der Waals surface area contributed by atoms with Crippen LogP contribution in [-0.2, 0) is 8.85 Å². The molecule has 4 aromatic carbocycles. The second-order valence-corrected chi connectivity index (χ2v) is 24.5. The van der Waals surface area contributed by atoms with E-state index in [2.05, 4.69) is 193 Å². The van der Waals surface area contributed by atoms with Crippen molar-refractivity contribution in [1.82, 2.24) is 0 Å². The smallest absolute Gasteiger partial charge is 0.261 e. The molecule has 0 heterocycles. The molecule has 0 fully saturated rings. The zero-order valence-corrected chi connectivity index (χ0v) is 36.3. The summed E-state index contributed by atoms with van der Waals surface area (Å²) in [5.41, 5.74) is 0. The fourth-order valence-corrected chi connectivity index (χ4v) is 16.3. The highest BCUT2D eigenvalue weighted by atomic mass is 28.4. The molecular weight excluding hydrogens is 693 g/mol. The van der Waals surface area contributed by atoms with E-state index >= 15 is 0 Å². The van der Waals surface area contributed by atoms with Crippen LogP contribution < -0.4 is 20.7 Å². The molecule has 5 heteroatoms. The molecule has 0 aromatic heterocycles. The molecule has 1 N–H and O–H groups in total. The number of hydrogen-bond acceptors (Lipinski definition) is 3. The van der Waals surface area contributed by atoms with Gasteiger partial charge < -0.3 is 14.0 Å². The van der Waals surface area contributed by atoms with Gasteiger partial charge in [0.25, 0.3) is 16.6 Å². The summed E-state index contributed by atoms with van der Waals surface area (Å²) in [6.07, 6.45) is 8.91. The maximum Gasteiger partial charge on any atom is 0.261 e. The molecule has 0 saturated carbocycles. The van der Waals surface area contributed by atoms with Gasteiger partial charge in [-0.05, 0) is 50.1 Å². The van der Waals surface area contributed by atoms with Crippen molar-refractivity contribution < 1.29 is 14.0 Å². The van der Waals surface area contributed by atoms with Gasteiger partial charge in [-0.15, -0.1) is 23.7 Å². The Hall–Kier alpha value is -3.69. The van der Waals surface area contributed by atoms with Gasteiger partial charge in [-0.1, -0.05) is 183 Å². The van der Waals surface area contributed by atoms with Crippen molar-refractivity contribution in [1.29, 1.82) is 0 Å². The van der Waals surface area contributed by atoms with Crippen molar-refractivity contribution in [3.8, 4) is 23.7 Å². The first-order valence-electron chi connectivity index (χ1n) is 20.1. The van der Waals surface area contributed by atoms with E-state index in [1.165, 1.54) is 40.0 Å². The molecule has 0 aliphatic heterocycles. The fourth-order valence-electron chi connectivity index (χ4n) is 7.18. The Labute approximate surface area is 331 Å². The lowest BCUT2D eigenvalue weighted by Crippen LogP contribution is -2.66. The highest BCUT2D eigenvalue weighted by Crippen LogP contribution is 2.37. The number of rotatable bonds is 16. The van der Waals surface area contributed by atoms with Crippen LogP contribution in [0.1, 0.15) is 106 Å². The Morgan fingerprint density at radius 3 is 1.02 bits per heavy atom. The molecule has 288 valence electrons. The largest absolute Gasteiger partial charge is 0.406 e. The molecule has 0 unspecified atom stereocenters. The number of unbranched alkanes of at least 4 members (excludes halogenated alkanes) is 5. The SMILES string of the molecule is CC(C)(C)[Si](OCCC#CCCCCO)(c1ccccc1)c1ccccc1.CCCCCC#CCCO[Si](c1ccccc1)(c1ccccc1)C(C)(C)C. The van der Waals surface area contributed by atoms with Gasteiger partial charge in [-0.25, -0.2) is 0 Å². The first-order chi connectivity index (χ1) is 26.0. The van der Waals surface area contributed by atoms with Gasteiger partial charge in [0.15, 0.2) is 0 Å². The molecule has 0 saturated heterocycles. The van der Waals surface area contributed by atoms with Crippen LogP contribution in [0.2, 0.25) is 10.1 Å². The normalized spacial score (nSPS) is 11.7. The minimum Gasteiger partial charge on any atom is -0.406 e. The second kappa shape index (κ2) is 23.3. The molecule has 0 atom stereocenters. The molecule has 0 spiro atoms. The summed E-state index contributed by atoms with van der Waals surface area (Å²) in [4.78, 5) is 0. The van der Waals surface area contributed by atoms with Crippen LogP contribution in [0.3, 0.4) is 0 Å². The van der Waals surface area contributed by atoms with E-state index in [1.54, 1.807) is 0 Å². The number of benzene rings is 4. The van der Waals surface area contributed by atoms with Gasteiger partial charge in [-0.2, -0.15) is 0 Å². The summed E-state index contributed by atoms with van der Waals surface area (Å²) >= 11 is 0. The van der Waals surface area contributed by atoms with Crippen molar-refractivity contribution in [2.24, 2.45) is 0 Å². The lowest BCUT2D eigenvalue weighted by Gasteiger charge is -2.43. The molecule has 0 radical (unpaired) electrons. The average Bonchev–Trinajstić information content (AvgIpc) is 3.17. The Kier molecular flexibility index (Phi) is 19.3. The van der Waals surface area contributed by atoms with E-state index in [0.29, 0.717) is 13.2 Å². The molecule has 0 bridgehead atoms. The standard InChI is InChI=1S/C25H34OSi.C24H32O2Si/c1-5-6-7-8-9-10-17-22-26-27(25(2,3)4,23-18-13-11-14-19-23)24-20-15-12-16-21-24;1-24(2,3)27(22-16-10-8-11-17-22,23-18-12-9-13-19-23)26-21-15-7-5-4-6-14-20-25/h11-16,18-21H,5-8,17,22H2,1-4H3;8-13,16-19,25H,4,6,14-15,20-21H2,1-3H3. The van der Waals surface area contributed by atoms with Crippen LogP contribution in [0, 0.1) is 23.7 Å². The minimum absolute atomic E-state index is 0.00423. The summed E-state index contributed by atoms with van der Waals surface area (Å²) in [6.45, 7) is 17.6. The van der Waals surface area contributed by atoms with Gasteiger partial charge in [0.2, 0.25) is 0 Å². The Morgan fingerprint density at radius 1 is 0.444 bits per heavy atom. The fraction of sp³-hybridized carbons (Fsp3) is 0.429. The lowest BCUT2D eigenvalue weighted by molar-refractivity contribution is 0.285. The van der Waals surface area contributed by atoms with Gasteiger partial charge in [0.1, 0.15) is 0 Å². The van der Waals surface area contributed by atoms with Crippen LogP contribution in [-0.4, -0.2) is 41.6 Å². The zero-order chi connectivity index (χ0) is 39.2. The molecule has 54 heavy (non-hydrogen) atoms. The molecular formula is C49H66O3Si2. The molecule has 3 nitrogen and oxygen atoms in total. The van der Waals surface area contributed by atoms with E-state index < -0.39 is 16.6 Å². The van der Waals surface area contributed by atoms with E-state index in [4.69, 9.17) is 14.0 Å². The first kappa shape index (κ1) is 44.7. The maximum absolute atomic E-state index is 8.83. The predicted molar refractivity (Wildman–Crippen MR) is 237 cm³/mol. The summed E-state index contributed by atoms with van der Waals surface area (Å²) in [7, 11) is -4.83. The topological polar surface area (TPSA) is 38.7 Å². The van der Waals surface area contributed by atoms with Crippen molar-refractivity contribution in [2.45, 2.75) is 116 Å². The van der Waals surface area contributed by atoms with Crippen molar-refractivity contribution in [3.63, 3.8) is 0 Å². The maximum atomic E-state index is 8.83. The highest BCUT2D eigenvalue weighted by molar-refractivity contribution is 7.00. The van der Waals surface area contributed by atoms with Crippen LogP contribution in [0.15, 0.2) is 121 Å². The van der Waals surface area contributed by atoms with E-state index in [9.17, 15) is 0 Å². The third kappa shape index (κ3) is 12.7. The summed E-state index contributed by atoms with van der Waals surface area (Å²) < 4.78 is 13.6. The van der Waals surface area contributed by atoms with Gasteiger partial charge in [0, 0.05) is 45.5 Å². The Bertz CT molecular complexity index is 1500. The van der Waals surface area contributed by atoms with Crippen LogP contribution in [0.5, 0.6) is 0 Å². The number of aliphatic hydroxyl groups excluding tert-OH is 1. The van der Waals surface area contributed by atoms with E-state index in [0.717, 1.165) is 38.5 Å². The molecule has 0 aliphatic carbocycles. The second-order valence-electron chi connectivity index (χ2n) is 15.9. The highest BCUT2D eigenvalue weighted by Gasteiger charge is 2.51. The predicted octanol–water partition coefficient (Wildman–Crippen LogP) is 9.66. The quantitative estimate of drug-likeness (QED) is 0.0703. The average molecular weight is 759 g/mol. The molecule has 0 aliphatic rings. The van der Waals surface area contributed by atoms with Crippen molar-refractivity contribution in [2.75, 3.05) is 19.8 Å². The number of hydrogen-bond donors (Lipinski definition) is 1. The van der Waals surface area contributed by atoms with Gasteiger partial charge >= 0.3 is 0 Å². The van der Waals surface area contributed by atoms with E-state index in [1.807, 2.05) is 0 Å². The minimum atomic E-state index is -2.43. The first-order valence-corrected chi connectivity index (χ1v) is 23.9. The van der Waals surface area contributed by atoms with Crippen molar-refractivity contribution in [3.05, 3.63) is 121 Å². The summed E-state index contributed by atoms with van der Waals surface area (Å²) in [5, 5.41) is 14.1. The third-order valence-electron chi connectivity index (χ3n) is 9.79. The summed E-state index contributed by atoms with van der Waals surface area (Å²) in [5.74, 6) is 13.1. The Morgan fingerprint density at radius 2 is 0.741 bits per heavy atom. The molecule has 0 amide bonds. The van der Waals surface area contributed by atoms with Gasteiger partial charge in [-0.3, -0.25) is 0 Å². The third-order valence-corrected chi connectivity index (χ3v) is 19.9. The molecule has 4 aromatic rings. The number of aliphatic hydroxyl groups is 1. The van der Waals surface area contributed by atoms with Gasteiger partial charge in [0.05, 0.1) is 0 Å². The van der Waals surface area contributed by atoms with Crippen LogP contribution in [0.25, 0.3) is 0 Å². The Balaban J connectivity index is 0.000000290. The van der Waals surface area contributed by atoms with Crippen molar-refractivity contribution >= 4 is 37.4 Å².